The molecule has 0 aliphatic rings. The van der Waals surface area contributed by atoms with Crippen LogP contribution in [0.3, 0.4) is 0 Å². The summed E-state index contributed by atoms with van der Waals surface area (Å²) < 4.78 is 34.3. The number of amides is 2. The molecule has 3 aromatic carbocycles. The average molecular weight is 586 g/mol. The van der Waals surface area contributed by atoms with Crippen LogP contribution >= 0.6 is 11.6 Å². The Morgan fingerprint density at radius 2 is 1.68 bits per heavy atom. The molecule has 0 heterocycles. The molecule has 8 nitrogen and oxygen atoms in total. The topological polar surface area (TPSA) is 96.0 Å². The number of sulfonamides is 1. The van der Waals surface area contributed by atoms with Crippen molar-refractivity contribution in [2.75, 3.05) is 18.0 Å². The second kappa shape index (κ2) is 13.7. The van der Waals surface area contributed by atoms with Crippen molar-refractivity contribution >= 4 is 39.1 Å². The first kappa shape index (κ1) is 31.0. The maximum absolute atomic E-state index is 14.1. The van der Waals surface area contributed by atoms with Crippen molar-refractivity contribution in [3.8, 4) is 5.75 Å². The Balaban J connectivity index is 2.09. The number of nitrogens with zero attached hydrogens (tertiary/aromatic N) is 2. The Bertz CT molecular complexity index is 1430. The van der Waals surface area contributed by atoms with Crippen LogP contribution in [0.15, 0.2) is 77.7 Å². The van der Waals surface area contributed by atoms with Gasteiger partial charge in [0.15, 0.2) is 0 Å². The molecule has 3 rings (SSSR count). The van der Waals surface area contributed by atoms with E-state index in [1.165, 1.54) is 24.1 Å². The van der Waals surface area contributed by atoms with E-state index >= 15 is 0 Å². The number of hydrogen-bond donors (Lipinski definition) is 1. The van der Waals surface area contributed by atoms with Crippen molar-refractivity contribution < 1.29 is 22.7 Å². The zero-order chi connectivity index (χ0) is 29.4. The van der Waals surface area contributed by atoms with Crippen LogP contribution in [0.25, 0.3) is 0 Å². The highest BCUT2D eigenvalue weighted by atomic mass is 35.5. The first-order chi connectivity index (χ1) is 19.0. The summed E-state index contributed by atoms with van der Waals surface area (Å²) in [4.78, 5) is 28.7. The van der Waals surface area contributed by atoms with E-state index < -0.39 is 28.5 Å². The molecule has 0 bridgehead atoms. The van der Waals surface area contributed by atoms with Gasteiger partial charge in [0.25, 0.3) is 10.0 Å². The van der Waals surface area contributed by atoms with Crippen molar-refractivity contribution in [3.05, 3.63) is 88.9 Å². The first-order valence-corrected chi connectivity index (χ1v) is 14.9. The minimum atomic E-state index is -4.17. The molecule has 214 valence electrons. The van der Waals surface area contributed by atoms with Gasteiger partial charge in [0.2, 0.25) is 11.8 Å². The molecular formula is C30H36ClN3O5S. The number of benzene rings is 3. The SMILES string of the molecule is CC[C@H](C(=O)NC(C)C)N(Cc1ccccc1Cl)C(=O)CN(c1cccc(OC)c1)S(=O)(=O)c1ccc(C)cc1. The molecule has 0 unspecified atom stereocenters. The predicted molar refractivity (Wildman–Crippen MR) is 158 cm³/mol. The van der Waals surface area contributed by atoms with Gasteiger partial charge in [0, 0.05) is 23.7 Å². The third-order valence-electron chi connectivity index (χ3n) is 6.34. The van der Waals surface area contributed by atoms with Gasteiger partial charge in [-0.05, 0) is 63.1 Å². The van der Waals surface area contributed by atoms with E-state index in [0.29, 0.717) is 22.8 Å². The summed E-state index contributed by atoms with van der Waals surface area (Å²) in [5, 5.41) is 3.32. The van der Waals surface area contributed by atoms with E-state index in [4.69, 9.17) is 16.3 Å². The molecule has 40 heavy (non-hydrogen) atoms. The second-order valence-electron chi connectivity index (χ2n) is 9.73. The summed E-state index contributed by atoms with van der Waals surface area (Å²) in [5.41, 5.74) is 1.80. The van der Waals surface area contributed by atoms with Crippen molar-refractivity contribution in [3.63, 3.8) is 0 Å². The molecule has 0 saturated heterocycles. The molecular weight excluding hydrogens is 550 g/mol. The minimum Gasteiger partial charge on any atom is -0.497 e. The van der Waals surface area contributed by atoms with Crippen molar-refractivity contribution in [2.24, 2.45) is 0 Å². The minimum absolute atomic E-state index is 0.0268. The van der Waals surface area contributed by atoms with E-state index in [1.807, 2.05) is 20.8 Å². The highest BCUT2D eigenvalue weighted by Crippen LogP contribution is 2.28. The number of aryl methyl sites for hydroxylation is 1. The van der Waals surface area contributed by atoms with Crippen molar-refractivity contribution in [1.82, 2.24) is 10.2 Å². The molecule has 10 heteroatoms. The average Bonchev–Trinajstić information content (AvgIpc) is 2.92. The lowest BCUT2D eigenvalue weighted by Crippen LogP contribution is -2.53. The fraction of sp³-hybridized carbons (Fsp3) is 0.333. The fourth-order valence-corrected chi connectivity index (χ4v) is 5.84. The summed E-state index contributed by atoms with van der Waals surface area (Å²) >= 11 is 6.43. The number of hydrogen-bond acceptors (Lipinski definition) is 5. The molecule has 0 fully saturated rings. The number of methoxy groups -OCH3 is 1. The normalized spacial score (nSPS) is 12.1. The first-order valence-electron chi connectivity index (χ1n) is 13.0. The Kier molecular flexibility index (Phi) is 10.6. The molecule has 0 aliphatic carbocycles. The van der Waals surface area contributed by atoms with Crippen LogP contribution in [-0.2, 0) is 26.2 Å². The van der Waals surface area contributed by atoms with Gasteiger partial charge in [0.05, 0.1) is 17.7 Å². The van der Waals surface area contributed by atoms with Crippen LogP contribution in [-0.4, -0.2) is 50.9 Å². The molecule has 0 radical (unpaired) electrons. The smallest absolute Gasteiger partial charge is 0.264 e. The van der Waals surface area contributed by atoms with E-state index in [0.717, 1.165) is 9.87 Å². The molecule has 2 amide bonds. The standard InChI is InChI=1S/C30H36ClN3O5S/c1-6-28(30(36)32-21(2)3)33(19-23-10-7-8-13-27(23)31)29(35)20-34(24-11-9-12-25(18-24)39-5)40(37,38)26-16-14-22(4)15-17-26/h7-18,21,28H,6,19-20H2,1-5H3,(H,32,36)/t28-/m1/s1. The Morgan fingerprint density at radius 1 is 1.00 bits per heavy atom. The van der Waals surface area contributed by atoms with Gasteiger partial charge in [0.1, 0.15) is 18.3 Å². The third-order valence-corrected chi connectivity index (χ3v) is 8.50. The highest BCUT2D eigenvalue weighted by molar-refractivity contribution is 7.92. The Hall–Kier alpha value is -3.56. The number of nitrogens with one attached hydrogen (secondary N) is 1. The van der Waals surface area contributed by atoms with Crippen LogP contribution < -0.4 is 14.4 Å². The second-order valence-corrected chi connectivity index (χ2v) is 12.0. The van der Waals surface area contributed by atoms with Gasteiger partial charge >= 0.3 is 0 Å². The van der Waals surface area contributed by atoms with Gasteiger partial charge in [-0.1, -0.05) is 60.5 Å². The number of anilines is 1. The van der Waals surface area contributed by atoms with E-state index in [-0.39, 0.29) is 29.1 Å². The van der Waals surface area contributed by atoms with E-state index in [9.17, 15) is 18.0 Å². The molecule has 0 aromatic heterocycles. The third kappa shape index (κ3) is 7.55. The Labute approximate surface area is 241 Å². The van der Waals surface area contributed by atoms with Crippen LogP contribution in [0.5, 0.6) is 5.75 Å². The largest absolute Gasteiger partial charge is 0.497 e. The monoisotopic (exact) mass is 585 g/mol. The van der Waals surface area contributed by atoms with Gasteiger partial charge in [-0.25, -0.2) is 8.42 Å². The van der Waals surface area contributed by atoms with Gasteiger partial charge in [-0.3, -0.25) is 13.9 Å². The maximum atomic E-state index is 14.1. The lowest BCUT2D eigenvalue weighted by atomic mass is 10.1. The molecule has 0 aliphatic heterocycles. The summed E-state index contributed by atoms with van der Waals surface area (Å²) in [5.74, 6) is -0.443. The van der Waals surface area contributed by atoms with Crippen LogP contribution in [0, 0.1) is 6.92 Å². The number of rotatable bonds is 12. The maximum Gasteiger partial charge on any atom is 0.264 e. The number of carbonyl (C=O) groups is 2. The fourth-order valence-electron chi connectivity index (χ4n) is 4.24. The number of ether oxygens (including phenoxy) is 1. The lowest BCUT2D eigenvalue weighted by Gasteiger charge is -2.33. The predicted octanol–water partition coefficient (Wildman–Crippen LogP) is 5.18. The summed E-state index contributed by atoms with van der Waals surface area (Å²) in [6, 6.07) is 19.0. The molecule has 1 N–H and O–H groups in total. The van der Waals surface area contributed by atoms with E-state index in [2.05, 4.69) is 5.32 Å². The Morgan fingerprint density at radius 3 is 2.27 bits per heavy atom. The number of halogens is 1. The molecule has 0 saturated carbocycles. The summed E-state index contributed by atoms with van der Waals surface area (Å²) in [7, 11) is -2.69. The van der Waals surface area contributed by atoms with E-state index in [1.54, 1.807) is 67.6 Å². The van der Waals surface area contributed by atoms with Crippen LogP contribution in [0.4, 0.5) is 5.69 Å². The van der Waals surface area contributed by atoms with Crippen LogP contribution in [0.2, 0.25) is 5.02 Å². The highest BCUT2D eigenvalue weighted by Gasteiger charge is 2.34. The van der Waals surface area contributed by atoms with Gasteiger partial charge < -0.3 is 15.0 Å². The van der Waals surface area contributed by atoms with Gasteiger partial charge in [-0.2, -0.15) is 0 Å². The number of carbonyl (C=O) groups excluding carboxylic acids is 2. The molecule has 1 atom stereocenters. The van der Waals surface area contributed by atoms with Crippen molar-refractivity contribution in [1.29, 1.82) is 0 Å². The zero-order valence-corrected chi connectivity index (χ0v) is 25.0. The quantitative estimate of drug-likeness (QED) is 0.316. The zero-order valence-electron chi connectivity index (χ0n) is 23.4. The van der Waals surface area contributed by atoms with Gasteiger partial charge in [-0.15, -0.1) is 0 Å². The van der Waals surface area contributed by atoms with Crippen LogP contribution in [0.1, 0.15) is 38.3 Å². The summed E-state index contributed by atoms with van der Waals surface area (Å²) in [6.07, 6.45) is 0.318. The van der Waals surface area contributed by atoms with Crippen molar-refractivity contribution in [2.45, 2.75) is 57.6 Å². The molecule has 3 aromatic rings. The molecule has 0 spiro atoms. The summed E-state index contributed by atoms with van der Waals surface area (Å²) in [6.45, 7) is 6.82. The lowest BCUT2D eigenvalue weighted by molar-refractivity contribution is -0.140.